The molecule has 0 saturated carbocycles. The normalized spacial score (nSPS) is 21.4. The molecule has 1 saturated heterocycles. The molecule has 7 heteroatoms. The van der Waals surface area contributed by atoms with Crippen molar-refractivity contribution in [1.82, 2.24) is 5.32 Å². The SMILES string of the molecule is CCOC(=O)C1(NCCOC)CCS(=O)(=O)CC1. The quantitative estimate of drug-likeness (QED) is 0.532. The fourth-order valence-corrected chi connectivity index (χ4v) is 3.52. The molecule has 0 amide bonds. The van der Waals surface area contributed by atoms with E-state index in [-0.39, 0.29) is 30.3 Å². The van der Waals surface area contributed by atoms with Gasteiger partial charge in [-0.05, 0) is 19.8 Å². The first-order chi connectivity index (χ1) is 8.46. The van der Waals surface area contributed by atoms with Crippen LogP contribution in [0.2, 0.25) is 0 Å². The van der Waals surface area contributed by atoms with Crippen molar-refractivity contribution in [2.75, 3.05) is 38.4 Å². The lowest BCUT2D eigenvalue weighted by atomic mass is 9.92. The van der Waals surface area contributed by atoms with Gasteiger partial charge in [0.25, 0.3) is 0 Å². The number of carbonyl (C=O) groups is 1. The number of ether oxygens (including phenoxy) is 2. The van der Waals surface area contributed by atoms with Gasteiger partial charge in [0.1, 0.15) is 15.4 Å². The molecule has 1 aliphatic heterocycles. The van der Waals surface area contributed by atoms with Crippen LogP contribution in [0.5, 0.6) is 0 Å². The summed E-state index contributed by atoms with van der Waals surface area (Å²) in [5, 5.41) is 3.09. The summed E-state index contributed by atoms with van der Waals surface area (Å²) in [5.74, 6) is -0.326. The summed E-state index contributed by atoms with van der Waals surface area (Å²) < 4.78 is 32.9. The van der Waals surface area contributed by atoms with Crippen molar-refractivity contribution in [3.63, 3.8) is 0 Å². The van der Waals surface area contributed by atoms with Crippen LogP contribution in [-0.4, -0.2) is 58.3 Å². The fourth-order valence-electron chi connectivity index (χ4n) is 2.00. The maximum absolute atomic E-state index is 12.0. The van der Waals surface area contributed by atoms with Gasteiger partial charge in [0, 0.05) is 13.7 Å². The molecule has 0 unspecified atom stereocenters. The third-order valence-corrected chi connectivity index (χ3v) is 4.77. The number of carbonyl (C=O) groups excluding carboxylic acids is 1. The largest absolute Gasteiger partial charge is 0.465 e. The van der Waals surface area contributed by atoms with Crippen LogP contribution < -0.4 is 5.32 Å². The third-order valence-electron chi connectivity index (χ3n) is 3.12. The zero-order valence-corrected chi connectivity index (χ0v) is 11.7. The lowest BCUT2D eigenvalue weighted by Gasteiger charge is -2.35. The van der Waals surface area contributed by atoms with Crippen molar-refractivity contribution in [3.8, 4) is 0 Å². The predicted molar refractivity (Wildman–Crippen MR) is 67.1 cm³/mol. The van der Waals surface area contributed by atoms with E-state index in [2.05, 4.69) is 5.32 Å². The number of esters is 1. The van der Waals surface area contributed by atoms with E-state index in [0.29, 0.717) is 19.8 Å². The molecule has 0 aromatic rings. The molecular formula is C11H21NO5S. The van der Waals surface area contributed by atoms with Gasteiger partial charge in [0.05, 0.1) is 24.7 Å². The van der Waals surface area contributed by atoms with Crippen molar-refractivity contribution in [2.24, 2.45) is 0 Å². The minimum Gasteiger partial charge on any atom is -0.465 e. The van der Waals surface area contributed by atoms with Gasteiger partial charge in [-0.3, -0.25) is 10.1 Å². The molecule has 1 aliphatic rings. The zero-order chi connectivity index (χ0) is 13.6. The standard InChI is InChI=1S/C11H21NO5S/c1-3-17-10(13)11(12-6-7-16-2)4-8-18(14,15)9-5-11/h12H,3-9H2,1-2H3. The highest BCUT2D eigenvalue weighted by Gasteiger charge is 2.44. The first-order valence-electron chi connectivity index (χ1n) is 6.07. The first kappa shape index (κ1) is 15.4. The van der Waals surface area contributed by atoms with Crippen LogP contribution in [0.1, 0.15) is 19.8 Å². The Morgan fingerprint density at radius 1 is 1.33 bits per heavy atom. The molecule has 0 atom stereocenters. The van der Waals surface area contributed by atoms with Crippen LogP contribution in [0, 0.1) is 0 Å². The van der Waals surface area contributed by atoms with Gasteiger partial charge in [0.15, 0.2) is 0 Å². The second-order valence-corrected chi connectivity index (χ2v) is 6.68. The fraction of sp³-hybridized carbons (Fsp3) is 0.909. The van der Waals surface area contributed by atoms with Crippen molar-refractivity contribution in [2.45, 2.75) is 25.3 Å². The summed E-state index contributed by atoms with van der Waals surface area (Å²) >= 11 is 0. The first-order valence-corrected chi connectivity index (χ1v) is 7.89. The molecule has 0 radical (unpaired) electrons. The Hall–Kier alpha value is -0.660. The summed E-state index contributed by atoms with van der Waals surface area (Å²) in [6.07, 6.45) is 0.524. The van der Waals surface area contributed by atoms with Gasteiger partial charge in [-0.25, -0.2) is 8.42 Å². The van der Waals surface area contributed by atoms with Crippen molar-refractivity contribution >= 4 is 15.8 Å². The maximum Gasteiger partial charge on any atom is 0.326 e. The van der Waals surface area contributed by atoms with Gasteiger partial charge in [-0.2, -0.15) is 0 Å². The van der Waals surface area contributed by atoms with E-state index in [1.165, 1.54) is 0 Å². The molecule has 1 heterocycles. The van der Waals surface area contributed by atoms with Crippen LogP contribution in [0.15, 0.2) is 0 Å². The van der Waals surface area contributed by atoms with Gasteiger partial charge in [0.2, 0.25) is 0 Å². The third kappa shape index (κ3) is 3.93. The number of rotatable bonds is 6. The summed E-state index contributed by atoms with van der Waals surface area (Å²) in [6.45, 7) is 2.99. The van der Waals surface area contributed by atoms with Crippen molar-refractivity contribution < 1.29 is 22.7 Å². The Morgan fingerprint density at radius 3 is 2.44 bits per heavy atom. The molecule has 1 N–H and O–H groups in total. The average Bonchev–Trinajstić information content (AvgIpc) is 2.32. The van der Waals surface area contributed by atoms with E-state index < -0.39 is 15.4 Å². The summed E-state index contributed by atoms with van der Waals surface area (Å²) in [5.41, 5.74) is -0.875. The van der Waals surface area contributed by atoms with E-state index in [0.717, 1.165) is 0 Å². The molecule has 106 valence electrons. The molecule has 0 bridgehead atoms. The van der Waals surface area contributed by atoms with Gasteiger partial charge >= 0.3 is 5.97 Å². The number of nitrogens with one attached hydrogen (secondary N) is 1. The van der Waals surface area contributed by atoms with Crippen LogP contribution in [0.3, 0.4) is 0 Å². The van der Waals surface area contributed by atoms with Crippen LogP contribution in [-0.2, 0) is 24.1 Å². The smallest absolute Gasteiger partial charge is 0.326 e. The Labute approximate surface area is 108 Å². The monoisotopic (exact) mass is 279 g/mol. The topological polar surface area (TPSA) is 81.7 Å². The van der Waals surface area contributed by atoms with E-state index in [1.807, 2.05) is 0 Å². The van der Waals surface area contributed by atoms with Crippen LogP contribution >= 0.6 is 0 Å². The highest BCUT2D eigenvalue weighted by atomic mass is 32.2. The molecular weight excluding hydrogens is 258 g/mol. The predicted octanol–water partition coefficient (Wildman–Crippen LogP) is -0.267. The molecule has 0 aromatic heterocycles. The molecule has 0 aliphatic carbocycles. The Kier molecular flexibility index (Phi) is 5.55. The lowest BCUT2D eigenvalue weighted by Crippen LogP contribution is -2.57. The van der Waals surface area contributed by atoms with Gasteiger partial charge in [-0.1, -0.05) is 0 Å². The second kappa shape index (κ2) is 6.49. The minimum atomic E-state index is -3.01. The van der Waals surface area contributed by atoms with Crippen molar-refractivity contribution in [3.05, 3.63) is 0 Å². The molecule has 0 aromatic carbocycles. The highest BCUT2D eigenvalue weighted by molar-refractivity contribution is 7.91. The Balaban J connectivity index is 2.72. The van der Waals surface area contributed by atoms with E-state index >= 15 is 0 Å². The van der Waals surface area contributed by atoms with Crippen LogP contribution in [0.4, 0.5) is 0 Å². The summed E-state index contributed by atoms with van der Waals surface area (Å²) in [4.78, 5) is 12.0. The van der Waals surface area contributed by atoms with Gasteiger partial charge in [-0.15, -0.1) is 0 Å². The zero-order valence-electron chi connectivity index (χ0n) is 10.9. The Bertz CT molecular complexity index is 365. The maximum atomic E-state index is 12.0. The number of methoxy groups -OCH3 is 1. The number of hydrogen-bond donors (Lipinski definition) is 1. The molecule has 6 nitrogen and oxygen atoms in total. The molecule has 0 spiro atoms. The highest BCUT2D eigenvalue weighted by Crippen LogP contribution is 2.25. The Morgan fingerprint density at radius 2 is 1.94 bits per heavy atom. The van der Waals surface area contributed by atoms with Crippen LogP contribution in [0.25, 0.3) is 0 Å². The lowest BCUT2D eigenvalue weighted by molar-refractivity contribution is -0.151. The number of hydrogen-bond acceptors (Lipinski definition) is 6. The summed E-state index contributed by atoms with van der Waals surface area (Å²) in [7, 11) is -1.44. The molecule has 1 rings (SSSR count). The average molecular weight is 279 g/mol. The number of sulfone groups is 1. The van der Waals surface area contributed by atoms with E-state index in [1.54, 1.807) is 14.0 Å². The van der Waals surface area contributed by atoms with E-state index in [4.69, 9.17) is 9.47 Å². The molecule has 1 fully saturated rings. The molecule has 18 heavy (non-hydrogen) atoms. The van der Waals surface area contributed by atoms with Crippen molar-refractivity contribution in [1.29, 1.82) is 0 Å². The van der Waals surface area contributed by atoms with E-state index in [9.17, 15) is 13.2 Å². The second-order valence-electron chi connectivity index (χ2n) is 4.37. The summed E-state index contributed by atoms with van der Waals surface area (Å²) in [6, 6.07) is 0. The van der Waals surface area contributed by atoms with Gasteiger partial charge < -0.3 is 9.47 Å². The minimum absolute atomic E-state index is 0.0196.